The van der Waals surface area contributed by atoms with Gasteiger partial charge in [-0.1, -0.05) is 0 Å². The predicted molar refractivity (Wildman–Crippen MR) is 66.7 cm³/mol. The molecule has 0 aromatic carbocycles. The van der Waals surface area contributed by atoms with E-state index in [-0.39, 0.29) is 5.97 Å². The van der Waals surface area contributed by atoms with Crippen LogP contribution in [-0.2, 0) is 11.2 Å². The van der Waals surface area contributed by atoms with E-state index in [0.29, 0.717) is 5.69 Å². The van der Waals surface area contributed by atoms with Crippen LogP contribution >= 0.6 is 0 Å². The summed E-state index contributed by atoms with van der Waals surface area (Å²) in [7, 11) is 1.39. The SMILES string of the molecule is COC(=O)c1cc2c(C)c3c(nc2[nH]1)C[C@@H]1C[C@H]31. The Morgan fingerprint density at radius 3 is 3.17 bits per heavy atom. The standard InChI is InChI=1S/C14H14N2O2/c1-6-8-5-11(14(17)18-2)16-13(8)15-10-4-7-3-9(7)12(6)10/h5,7,9H,3-4H2,1-2H3,(H,15,16)/t7-,9-/m0/s1. The number of esters is 1. The Bertz CT molecular complexity index is 687. The molecule has 2 aromatic heterocycles. The average molecular weight is 242 g/mol. The molecule has 1 saturated carbocycles. The topological polar surface area (TPSA) is 55.0 Å². The maximum absolute atomic E-state index is 11.5. The highest BCUT2D eigenvalue weighted by Crippen LogP contribution is 2.57. The number of carbonyl (C=O) groups is 1. The van der Waals surface area contributed by atoms with E-state index < -0.39 is 0 Å². The van der Waals surface area contributed by atoms with Gasteiger partial charge >= 0.3 is 5.97 Å². The summed E-state index contributed by atoms with van der Waals surface area (Å²) < 4.78 is 4.74. The first-order valence-corrected chi connectivity index (χ1v) is 6.29. The van der Waals surface area contributed by atoms with Gasteiger partial charge in [-0.25, -0.2) is 9.78 Å². The Kier molecular flexibility index (Phi) is 1.76. The maximum atomic E-state index is 11.5. The Labute approximate surface area is 104 Å². The van der Waals surface area contributed by atoms with Crippen LogP contribution in [-0.4, -0.2) is 23.0 Å². The molecule has 0 amide bonds. The quantitative estimate of drug-likeness (QED) is 0.781. The first-order valence-electron chi connectivity index (χ1n) is 6.29. The van der Waals surface area contributed by atoms with E-state index in [1.54, 1.807) is 0 Å². The van der Waals surface area contributed by atoms with Crippen LogP contribution in [0.15, 0.2) is 6.07 Å². The summed E-state index contributed by atoms with van der Waals surface area (Å²) in [6.07, 6.45) is 2.42. The molecular weight excluding hydrogens is 228 g/mol. The van der Waals surface area contributed by atoms with Gasteiger partial charge in [0.1, 0.15) is 11.3 Å². The number of aromatic nitrogens is 2. The lowest BCUT2D eigenvalue weighted by Gasteiger charge is -2.06. The molecule has 1 fully saturated rings. The largest absolute Gasteiger partial charge is 0.464 e. The minimum Gasteiger partial charge on any atom is -0.464 e. The highest BCUT2D eigenvalue weighted by Gasteiger charge is 2.47. The van der Waals surface area contributed by atoms with Crippen LogP contribution in [0.5, 0.6) is 0 Å². The number of ether oxygens (including phenoxy) is 1. The number of pyridine rings is 1. The molecule has 92 valence electrons. The average Bonchev–Trinajstić information content (AvgIpc) is 2.85. The molecule has 4 rings (SSSR count). The highest BCUT2D eigenvalue weighted by atomic mass is 16.5. The third-order valence-electron chi connectivity index (χ3n) is 4.32. The van der Waals surface area contributed by atoms with Crippen LogP contribution in [0, 0.1) is 12.8 Å². The molecular formula is C14H14N2O2. The minimum absolute atomic E-state index is 0.336. The Morgan fingerprint density at radius 1 is 1.56 bits per heavy atom. The lowest BCUT2D eigenvalue weighted by Crippen LogP contribution is -2.00. The number of rotatable bonds is 1. The van der Waals surface area contributed by atoms with Crippen molar-refractivity contribution in [1.29, 1.82) is 0 Å². The fourth-order valence-corrected chi connectivity index (χ4v) is 3.32. The molecule has 0 spiro atoms. The van der Waals surface area contributed by atoms with E-state index in [9.17, 15) is 4.79 Å². The summed E-state index contributed by atoms with van der Waals surface area (Å²) in [6, 6.07) is 1.86. The summed E-state index contributed by atoms with van der Waals surface area (Å²) in [5.41, 5.74) is 5.24. The van der Waals surface area contributed by atoms with Crippen molar-refractivity contribution in [1.82, 2.24) is 9.97 Å². The van der Waals surface area contributed by atoms with Gasteiger partial charge in [0, 0.05) is 11.1 Å². The number of carbonyl (C=O) groups excluding carboxylic acids is 1. The van der Waals surface area contributed by atoms with Crippen LogP contribution in [0.1, 0.15) is 39.6 Å². The molecule has 1 N–H and O–H groups in total. The molecule has 0 bridgehead atoms. The summed E-state index contributed by atoms with van der Waals surface area (Å²) in [5, 5.41) is 1.06. The molecule has 4 heteroatoms. The Hall–Kier alpha value is -1.84. The van der Waals surface area contributed by atoms with Crippen molar-refractivity contribution < 1.29 is 9.53 Å². The van der Waals surface area contributed by atoms with Crippen LogP contribution in [0.25, 0.3) is 11.0 Å². The number of methoxy groups -OCH3 is 1. The third-order valence-corrected chi connectivity index (χ3v) is 4.32. The van der Waals surface area contributed by atoms with Crippen LogP contribution in [0.4, 0.5) is 0 Å². The number of hydrogen-bond donors (Lipinski definition) is 1. The van der Waals surface area contributed by atoms with E-state index in [2.05, 4.69) is 16.9 Å². The summed E-state index contributed by atoms with van der Waals surface area (Å²) in [6.45, 7) is 2.14. The second-order valence-corrected chi connectivity index (χ2v) is 5.34. The maximum Gasteiger partial charge on any atom is 0.354 e. The van der Waals surface area contributed by atoms with Crippen molar-refractivity contribution in [3.05, 3.63) is 28.6 Å². The van der Waals surface area contributed by atoms with E-state index >= 15 is 0 Å². The van der Waals surface area contributed by atoms with Crippen molar-refractivity contribution in [2.24, 2.45) is 5.92 Å². The number of aromatic amines is 1. The normalized spacial score (nSPS) is 23.9. The lowest BCUT2D eigenvalue weighted by atomic mass is 10.0. The van der Waals surface area contributed by atoms with E-state index in [1.165, 1.54) is 30.4 Å². The fourth-order valence-electron chi connectivity index (χ4n) is 3.32. The zero-order valence-corrected chi connectivity index (χ0v) is 10.4. The smallest absolute Gasteiger partial charge is 0.354 e. The van der Waals surface area contributed by atoms with Crippen molar-refractivity contribution in [3.63, 3.8) is 0 Å². The molecule has 0 radical (unpaired) electrons. The number of fused-ring (bicyclic) bond motifs is 4. The predicted octanol–water partition coefficient (Wildman–Crippen LogP) is 2.32. The molecule has 2 aliphatic rings. The van der Waals surface area contributed by atoms with Crippen molar-refractivity contribution in [3.8, 4) is 0 Å². The van der Waals surface area contributed by atoms with Gasteiger partial charge in [0.2, 0.25) is 0 Å². The summed E-state index contributed by atoms with van der Waals surface area (Å²) in [4.78, 5) is 19.3. The second kappa shape index (κ2) is 3.13. The molecule has 18 heavy (non-hydrogen) atoms. The number of nitrogens with zero attached hydrogens (tertiary/aromatic N) is 1. The molecule has 0 saturated heterocycles. The van der Waals surface area contributed by atoms with E-state index in [4.69, 9.17) is 4.74 Å². The van der Waals surface area contributed by atoms with Gasteiger partial charge in [0.15, 0.2) is 0 Å². The first kappa shape index (κ1) is 10.1. The van der Waals surface area contributed by atoms with Gasteiger partial charge in [-0.3, -0.25) is 0 Å². The molecule has 2 aromatic rings. The van der Waals surface area contributed by atoms with Gasteiger partial charge in [-0.2, -0.15) is 0 Å². The van der Waals surface area contributed by atoms with Gasteiger partial charge in [0.05, 0.1) is 7.11 Å². The molecule has 0 unspecified atom stereocenters. The highest BCUT2D eigenvalue weighted by molar-refractivity contribution is 5.95. The molecule has 2 heterocycles. The minimum atomic E-state index is -0.336. The monoisotopic (exact) mass is 242 g/mol. The zero-order valence-electron chi connectivity index (χ0n) is 10.4. The van der Waals surface area contributed by atoms with Gasteiger partial charge in [-0.05, 0) is 48.8 Å². The molecule has 2 aliphatic carbocycles. The van der Waals surface area contributed by atoms with E-state index in [0.717, 1.165) is 29.3 Å². The number of aryl methyl sites for hydroxylation is 1. The van der Waals surface area contributed by atoms with Crippen molar-refractivity contribution >= 4 is 17.0 Å². The van der Waals surface area contributed by atoms with Crippen LogP contribution in [0.2, 0.25) is 0 Å². The van der Waals surface area contributed by atoms with Crippen molar-refractivity contribution in [2.45, 2.75) is 25.7 Å². The van der Waals surface area contributed by atoms with Gasteiger partial charge in [-0.15, -0.1) is 0 Å². The van der Waals surface area contributed by atoms with Crippen LogP contribution < -0.4 is 0 Å². The number of H-pyrrole nitrogens is 1. The van der Waals surface area contributed by atoms with Gasteiger partial charge < -0.3 is 9.72 Å². The third kappa shape index (κ3) is 1.15. The summed E-state index contributed by atoms with van der Waals surface area (Å²) >= 11 is 0. The van der Waals surface area contributed by atoms with Gasteiger partial charge in [0.25, 0.3) is 0 Å². The Morgan fingerprint density at radius 2 is 2.39 bits per heavy atom. The second-order valence-electron chi connectivity index (χ2n) is 5.34. The Balaban J connectivity index is 1.95. The molecule has 0 aliphatic heterocycles. The molecule has 2 atom stereocenters. The number of hydrogen-bond acceptors (Lipinski definition) is 3. The van der Waals surface area contributed by atoms with E-state index in [1.807, 2.05) is 6.07 Å². The zero-order chi connectivity index (χ0) is 12.4. The van der Waals surface area contributed by atoms with Crippen LogP contribution in [0.3, 0.4) is 0 Å². The fraction of sp³-hybridized carbons (Fsp3) is 0.429. The first-order chi connectivity index (χ1) is 8.69. The van der Waals surface area contributed by atoms with Crippen molar-refractivity contribution in [2.75, 3.05) is 7.11 Å². The lowest BCUT2D eigenvalue weighted by molar-refractivity contribution is 0.0595. The summed E-state index contributed by atoms with van der Waals surface area (Å²) in [5.74, 6) is 1.23. The molecule has 4 nitrogen and oxygen atoms in total. The number of nitrogens with one attached hydrogen (secondary N) is 1.